The molecule has 0 N–H and O–H groups in total. The molecule has 2 heterocycles. The number of nitrogens with zero attached hydrogens (tertiary/aromatic N) is 1. The second-order valence-corrected chi connectivity index (χ2v) is 6.30. The molecular weight excluding hydrogens is 237 g/mol. The minimum absolute atomic E-state index is 0.301. The summed E-state index contributed by atoms with van der Waals surface area (Å²) in [6, 6.07) is 8.38. The topological polar surface area (TPSA) is 23.4 Å². The van der Waals surface area contributed by atoms with E-state index in [9.17, 15) is 0 Å². The molecule has 1 fully saturated rings. The molecule has 0 bridgehead atoms. The summed E-state index contributed by atoms with van der Waals surface area (Å²) in [6.45, 7) is 8.33. The highest BCUT2D eigenvalue weighted by atomic mass is 16.7. The van der Waals surface area contributed by atoms with Gasteiger partial charge in [0.05, 0.1) is 11.2 Å². The third kappa shape index (κ3) is 1.82. The molecule has 1 aliphatic rings. The zero-order valence-electron chi connectivity index (χ0n) is 12.2. The molecule has 3 rings (SSSR count). The van der Waals surface area contributed by atoms with E-state index in [4.69, 9.17) is 9.31 Å². The van der Waals surface area contributed by atoms with Crippen LogP contribution in [0.15, 0.2) is 30.5 Å². The van der Waals surface area contributed by atoms with E-state index in [1.165, 1.54) is 10.9 Å². The number of hydrogen-bond donors (Lipinski definition) is 0. The number of hydrogen-bond acceptors (Lipinski definition) is 2. The molecule has 0 amide bonds. The van der Waals surface area contributed by atoms with Crippen LogP contribution in [-0.2, 0) is 16.4 Å². The van der Waals surface area contributed by atoms with Crippen molar-refractivity contribution in [2.75, 3.05) is 0 Å². The maximum Gasteiger partial charge on any atom is 0.497 e. The van der Waals surface area contributed by atoms with Gasteiger partial charge in [0.15, 0.2) is 0 Å². The monoisotopic (exact) mass is 257 g/mol. The molecule has 0 spiro atoms. The fraction of sp³-hybridized carbons (Fsp3) is 0.467. The Kier molecular flexibility index (Phi) is 2.60. The number of rotatable bonds is 1. The molecular formula is C15H20BNO2. The summed E-state index contributed by atoms with van der Waals surface area (Å²) in [6.07, 6.45) is 2.07. The lowest BCUT2D eigenvalue weighted by molar-refractivity contribution is 0.00578. The molecule has 0 unspecified atom stereocenters. The van der Waals surface area contributed by atoms with Gasteiger partial charge in [0.25, 0.3) is 0 Å². The molecule has 100 valence electrons. The minimum atomic E-state index is -0.303. The predicted molar refractivity (Wildman–Crippen MR) is 78.6 cm³/mol. The Bertz CT molecular complexity index is 614. The fourth-order valence-corrected chi connectivity index (χ4v) is 2.55. The van der Waals surface area contributed by atoms with E-state index < -0.39 is 0 Å². The molecule has 1 aromatic carbocycles. The van der Waals surface area contributed by atoms with Crippen LogP contribution >= 0.6 is 0 Å². The molecule has 1 saturated heterocycles. The Morgan fingerprint density at radius 2 is 1.63 bits per heavy atom. The van der Waals surface area contributed by atoms with Crippen LogP contribution in [-0.4, -0.2) is 22.9 Å². The van der Waals surface area contributed by atoms with Crippen molar-refractivity contribution in [1.82, 2.24) is 4.57 Å². The summed E-state index contributed by atoms with van der Waals surface area (Å²) >= 11 is 0. The lowest BCUT2D eigenvalue weighted by atomic mass is 9.78. The van der Waals surface area contributed by atoms with Crippen molar-refractivity contribution in [3.05, 3.63) is 30.5 Å². The van der Waals surface area contributed by atoms with Gasteiger partial charge in [-0.05, 0) is 39.1 Å². The van der Waals surface area contributed by atoms with Gasteiger partial charge >= 0.3 is 7.12 Å². The quantitative estimate of drug-likeness (QED) is 0.733. The number of fused-ring (bicyclic) bond motifs is 1. The zero-order valence-corrected chi connectivity index (χ0v) is 12.2. The fourth-order valence-electron chi connectivity index (χ4n) is 2.55. The summed E-state index contributed by atoms with van der Waals surface area (Å²) in [5.41, 5.74) is 1.68. The molecule has 1 aliphatic heterocycles. The Morgan fingerprint density at radius 1 is 1.00 bits per heavy atom. The third-order valence-corrected chi connectivity index (χ3v) is 4.44. The Balaban J connectivity index is 2.10. The predicted octanol–water partition coefficient (Wildman–Crippen LogP) is 2.48. The first-order valence-electron chi connectivity index (χ1n) is 6.71. The van der Waals surface area contributed by atoms with Crippen molar-refractivity contribution >= 4 is 23.5 Å². The van der Waals surface area contributed by atoms with E-state index in [-0.39, 0.29) is 18.3 Å². The second kappa shape index (κ2) is 3.87. The Hall–Kier alpha value is -1.26. The van der Waals surface area contributed by atoms with Crippen LogP contribution in [0.4, 0.5) is 0 Å². The SMILES string of the molecule is Cn1ccc2cccc(B3OC(C)(C)C(C)(C)O3)c21. The second-order valence-electron chi connectivity index (χ2n) is 6.30. The van der Waals surface area contributed by atoms with Crippen molar-refractivity contribution in [1.29, 1.82) is 0 Å². The van der Waals surface area contributed by atoms with Crippen LogP contribution in [0.2, 0.25) is 0 Å². The first-order chi connectivity index (χ1) is 8.82. The van der Waals surface area contributed by atoms with Crippen LogP contribution in [0.1, 0.15) is 27.7 Å². The van der Waals surface area contributed by atoms with Crippen molar-refractivity contribution < 1.29 is 9.31 Å². The van der Waals surface area contributed by atoms with E-state index >= 15 is 0 Å². The van der Waals surface area contributed by atoms with Crippen molar-refractivity contribution in [2.24, 2.45) is 7.05 Å². The summed E-state index contributed by atoms with van der Waals surface area (Å²) in [4.78, 5) is 0. The average Bonchev–Trinajstić information content (AvgIpc) is 2.78. The Morgan fingerprint density at radius 3 is 2.26 bits per heavy atom. The van der Waals surface area contributed by atoms with Gasteiger partial charge in [-0.3, -0.25) is 0 Å². The molecule has 0 radical (unpaired) electrons. The van der Waals surface area contributed by atoms with Crippen LogP contribution < -0.4 is 5.46 Å². The smallest absolute Gasteiger partial charge is 0.399 e. The van der Waals surface area contributed by atoms with Gasteiger partial charge in [-0.15, -0.1) is 0 Å². The van der Waals surface area contributed by atoms with Crippen LogP contribution in [0.3, 0.4) is 0 Å². The van der Waals surface area contributed by atoms with Gasteiger partial charge in [0, 0.05) is 24.2 Å². The molecule has 0 aliphatic carbocycles. The summed E-state index contributed by atoms with van der Waals surface area (Å²) < 4.78 is 14.4. The minimum Gasteiger partial charge on any atom is -0.399 e. The van der Waals surface area contributed by atoms with Crippen LogP contribution in [0.5, 0.6) is 0 Å². The highest BCUT2D eigenvalue weighted by molar-refractivity contribution is 6.65. The van der Waals surface area contributed by atoms with Gasteiger partial charge in [-0.1, -0.05) is 18.2 Å². The first kappa shape index (κ1) is 12.8. The third-order valence-electron chi connectivity index (χ3n) is 4.44. The van der Waals surface area contributed by atoms with Crippen LogP contribution in [0.25, 0.3) is 10.9 Å². The van der Waals surface area contributed by atoms with E-state index in [1.54, 1.807) is 0 Å². The molecule has 3 nitrogen and oxygen atoms in total. The van der Waals surface area contributed by atoms with Gasteiger partial charge in [0.1, 0.15) is 0 Å². The lowest BCUT2D eigenvalue weighted by Crippen LogP contribution is -2.41. The Labute approximate surface area is 114 Å². The first-order valence-corrected chi connectivity index (χ1v) is 6.71. The molecule has 19 heavy (non-hydrogen) atoms. The molecule has 2 aromatic rings. The number of para-hydroxylation sites is 1. The van der Waals surface area contributed by atoms with Crippen molar-refractivity contribution in [3.8, 4) is 0 Å². The maximum absolute atomic E-state index is 6.15. The van der Waals surface area contributed by atoms with Gasteiger partial charge in [-0.25, -0.2) is 0 Å². The number of aryl methyl sites for hydroxylation is 1. The van der Waals surface area contributed by atoms with E-state index in [2.05, 4.69) is 69.8 Å². The standard InChI is InChI=1S/C15H20BNO2/c1-14(2)15(3,4)19-16(18-14)12-8-6-7-11-9-10-17(5)13(11)12/h6-10H,1-5H3. The average molecular weight is 257 g/mol. The molecule has 0 saturated carbocycles. The van der Waals surface area contributed by atoms with Gasteiger partial charge in [-0.2, -0.15) is 0 Å². The number of aromatic nitrogens is 1. The van der Waals surface area contributed by atoms with Gasteiger partial charge < -0.3 is 13.9 Å². The van der Waals surface area contributed by atoms with E-state index in [1.807, 2.05) is 0 Å². The summed E-state index contributed by atoms with van der Waals surface area (Å²) in [7, 11) is 1.75. The highest BCUT2D eigenvalue weighted by Crippen LogP contribution is 2.36. The normalized spacial score (nSPS) is 21.2. The number of benzene rings is 1. The van der Waals surface area contributed by atoms with Crippen molar-refractivity contribution in [2.45, 2.75) is 38.9 Å². The highest BCUT2D eigenvalue weighted by Gasteiger charge is 2.52. The molecule has 4 heteroatoms. The maximum atomic E-state index is 6.15. The van der Waals surface area contributed by atoms with E-state index in [0.717, 1.165) is 5.46 Å². The molecule has 1 aromatic heterocycles. The lowest BCUT2D eigenvalue weighted by Gasteiger charge is -2.32. The van der Waals surface area contributed by atoms with Crippen molar-refractivity contribution in [3.63, 3.8) is 0 Å². The zero-order chi connectivity index (χ0) is 13.8. The summed E-state index contributed by atoms with van der Waals surface area (Å²) in [5, 5.41) is 1.22. The molecule has 0 atom stereocenters. The largest absolute Gasteiger partial charge is 0.497 e. The van der Waals surface area contributed by atoms with Crippen LogP contribution in [0, 0.1) is 0 Å². The van der Waals surface area contributed by atoms with E-state index in [0.29, 0.717) is 0 Å². The van der Waals surface area contributed by atoms with Gasteiger partial charge in [0.2, 0.25) is 0 Å². The summed E-state index contributed by atoms with van der Waals surface area (Å²) in [5.74, 6) is 0.